The summed E-state index contributed by atoms with van der Waals surface area (Å²) in [6.45, 7) is 0. The van der Waals surface area contributed by atoms with Gasteiger partial charge in [0.2, 0.25) is 0 Å². The molecule has 0 fully saturated rings. The predicted octanol–water partition coefficient (Wildman–Crippen LogP) is 2.70. The lowest BCUT2D eigenvalue weighted by atomic mass is 10.1. The number of alkyl halides is 6. The van der Waals surface area contributed by atoms with Gasteiger partial charge in [-0.2, -0.15) is 34.8 Å². The molecule has 0 aliphatic rings. The van der Waals surface area contributed by atoms with E-state index >= 15 is 0 Å². The molecule has 0 aliphatic heterocycles. The third kappa shape index (κ3) is 5.36. The van der Waals surface area contributed by atoms with Crippen molar-refractivity contribution < 1.29 is 54.0 Å². The van der Waals surface area contributed by atoms with E-state index in [2.05, 4.69) is 4.74 Å². The van der Waals surface area contributed by atoms with Crippen molar-refractivity contribution in [1.29, 1.82) is 0 Å². The van der Waals surface area contributed by atoms with E-state index in [0.717, 1.165) is 18.2 Å². The van der Waals surface area contributed by atoms with Crippen molar-refractivity contribution in [2.45, 2.75) is 18.0 Å². The summed E-state index contributed by atoms with van der Waals surface area (Å²) >= 11 is 0. The highest BCUT2D eigenvalue weighted by Crippen LogP contribution is 2.46. The number of benzene rings is 1. The first-order valence-electron chi connectivity index (χ1n) is 6.36. The highest BCUT2D eigenvalue weighted by molar-refractivity contribution is 7.85. The monoisotopic (exact) mass is 408 g/mol. The number of carbonyl (C=O) groups is 1. The molecule has 1 rings (SSSR count). The number of esters is 1. The van der Waals surface area contributed by atoms with Crippen LogP contribution in [0.3, 0.4) is 0 Å². The lowest BCUT2D eigenvalue weighted by Crippen LogP contribution is -2.63. The molecular weight excluding hydrogens is 398 g/mol. The Morgan fingerprint density at radius 2 is 1.50 bits per heavy atom. The van der Waals surface area contributed by atoms with Crippen LogP contribution in [0, 0.1) is 0 Å². The van der Waals surface area contributed by atoms with Crippen LogP contribution in [0.5, 0.6) is 5.75 Å². The topological polar surface area (TPSA) is 101 Å². The second kappa shape index (κ2) is 7.15. The number of phenolic OH excluding ortho intramolecular Hbond substituents is 1. The minimum Gasteiger partial charge on any atom is -0.508 e. The van der Waals surface area contributed by atoms with Gasteiger partial charge in [0.05, 0.1) is 0 Å². The van der Waals surface area contributed by atoms with Crippen LogP contribution < -0.4 is 0 Å². The summed E-state index contributed by atoms with van der Waals surface area (Å²) in [6, 6.07) is 4.61. The molecule has 26 heavy (non-hydrogen) atoms. The van der Waals surface area contributed by atoms with E-state index in [9.17, 15) is 39.6 Å². The maximum absolute atomic E-state index is 12.9. The number of phenols is 1. The van der Waals surface area contributed by atoms with Crippen LogP contribution in [-0.4, -0.2) is 47.8 Å². The first-order valence-corrected chi connectivity index (χ1v) is 7.97. The van der Waals surface area contributed by atoms with Crippen molar-refractivity contribution in [1.82, 2.24) is 0 Å². The van der Waals surface area contributed by atoms with Crippen LogP contribution in [0.25, 0.3) is 6.08 Å². The fraction of sp³-hybridized carbons (Fsp3) is 0.308. The summed E-state index contributed by atoms with van der Waals surface area (Å²) in [7, 11) is -5.83. The molecule has 0 unspecified atom stereocenters. The molecule has 0 bridgehead atoms. The molecule has 1 aromatic carbocycles. The lowest BCUT2D eigenvalue weighted by Gasteiger charge is -2.35. The maximum atomic E-state index is 12.9. The van der Waals surface area contributed by atoms with Gasteiger partial charge in [-0.25, -0.2) is 4.79 Å². The molecule has 0 aliphatic carbocycles. The molecule has 0 aromatic heterocycles. The van der Waals surface area contributed by atoms with Crippen LogP contribution in [-0.2, 0) is 19.6 Å². The van der Waals surface area contributed by atoms with Crippen molar-refractivity contribution in [3.05, 3.63) is 35.9 Å². The molecule has 146 valence electrons. The summed E-state index contributed by atoms with van der Waals surface area (Å²) in [4.78, 5) is 11.4. The number of ether oxygens (including phenoxy) is 1. The van der Waals surface area contributed by atoms with Crippen molar-refractivity contribution in [2.75, 3.05) is 5.75 Å². The van der Waals surface area contributed by atoms with Gasteiger partial charge in [0.1, 0.15) is 11.5 Å². The average Bonchev–Trinajstić information content (AvgIpc) is 2.42. The summed E-state index contributed by atoms with van der Waals surface area (Å²) in [5.41, 5.74) is -5.34. The van der Waals surface area contributed by atoms with Gasteiger partial charge in [-0.15, -0.1) is 0 Å². The lowest BCUT2D eigenvalue weighted by molar-refractivity contribution is -0.360. The average molecular weight is 408 g/mol. The van der Waals surface area contributed by atoms with E-state index in [1.165, 1.54) is 12.1 Å². The second-order valence-electron chi connectivity index (χ2n) is 4.89. The van der Waals surface area contributed by atoms with E-state index in [1.54, 1.807) is 0 Å². The molecule has 0 spiro atoms. The third-order valence-corrected chi connectivity index (χ3v) is 3.65. The van der Waals surface area contributed by atoms with E-state index in [0.29, 0.717) is 0 Å². The molecule has 2 N–H and O–H groups in total. The standard InChI is InChI=1S/C13H10F6O6S/c14-12(15,16)11(13(17,18)19,7-26(22,23)24)25-10(21)6-3-8-1-4-9(20)5-2-8/h1-6,20H,7H2,(H,22,23,24)/b6-3+. The van der Waals surface area contributed by atoms with Gasteiger partial charge in [-0.1, -0.05) is 12.1 Å². The molecule has 0 heterocycles. The van der Waals surface area contributed by atoms with E-state index in [1.807, 2.05) is 0 Å². The summed E-state index contributed by atoms with van der Waals surface area (Å²) in [5.74, 6) is -5.30. The molecule has 0 saturated carbocycles. The van der Waals surface area contributed by atoms with Crippen molar-refractivity contribution in [3.63, 3.8) is 0 Å². The van der Waals surface area contributed by atoms with Crippen molar-refractivity contribution in [3.8, 4) is 5.75 Å². The van der Waals surface area contributed by atoms with Gasteiger partial charge in [0.25, 0.3) is 10.1 Å². The smallest absolute Gasteiger partial charge is 0.438 e. The summed E-state index contributed by atoms with van der Waals surface area (Å²) in [6.07, 6.45) is -11.8. The van der Waals surface area contributed by atoms with E-state index in [-0.39, 0.29) is 17.4 Å². The molecule has 6 nitrogen and oxygen atoms in total. The Hall–Kier alpha value is -2.28. The number of halogens is 6. The Morgan fingerprint density at radius 3 is 1.88 bits per heavy atom. The van der Waals surface area contributed by atoms with Gasteiger partial charge in [0, 0.05) is 6.08 Å². The van der Waals surface area contributed by atoms with Gasteiger partial charge in [0.15, 0.2) is 0 Å². The number of carbonyl (C=O) groups excluding carboxylic acids is 1. The van der Waals surface area contributed by atoms with Gasteiger partial charge < -0.3 is 9.84 Å². The molecule has 0 saturated heterocycles. The van der Waals surface area contributed by atoms with E-state index in [4.69, 9.17) is 9.66 Å². The zero-order valence-corrected chi connectivity index (χ0v) is 13.2. The van der Waals surface area contributed by atoms with E-state index < -0.39 is 39.8 Å². The molecule has 13 heteroatoms. The van der Waals surface area contributed by atoms with Crippen LogP contribution >= 0.6 is 0 Å². The largest absolute Gasteiger partial charge is 0.508 e. The number of aromatic hydroxyl groups is 1. The fourth-order valence-electron chi connectivity index (χ4n) is 1.68. The zero-order chi connectivity index (χ0) is 20.4. The first kappa shape index (κ1) is 21.8. The SMILES string of the molecule is O=C(/C=C/c1ccc(O)cc1)OC(CS(=O)(=O)O)(C(F)(F)F)C(F)(F)F. The molecular formula is C13H10F6O6S. The number of hydrogen-bond donors (Lipinski definition) is 2. The number of hydrogen-bond acceptors (Lipinski definition) is 5. The first-order chi connectivity index (χ1) is 11.6. The summed E-state index contributed by atoms with van der Waals surface area (Å²) < 4.78 is 111. The van der Waals surface area contributed by atoms with Gasteiger partial charge >= 0.3 is 23.9 Å². The maximum Gasteiger partial charge on any atom is 0.438 e. The quantitative estimate of drug-likeness (QED) is 0.336. The van der Waals surface area contributed by atoms with Crippen molar-refractivity contribution >= 4 is 22.2 Å². The second-order valence-corrected chi connectivity index (χ2v) is 6.35. The summed E-state index contributed by atoms with van der Waals surface area (Å²) in [5, 5.41) is 9.03. The minimum atomic E-state index is -6.39. The Kier molecular flexibility index (Phi) is 5.98. The van der Waals surface area contributed by atoms with Crippen LogP contribution in [0.15, 0.2) is 30.3 Å². The Morgan fingerprint density at radius 1 is 1.04 bits per heavy atom. The zero-order valence-electron chi connectivity index (χ0n) is 12.4. The third-order valence-electron chi connectivity index (χ3n) is 2.88. The highest BCUT2D eigenvalue weighted by atomic mass is 32.2. The van der Waals surface area contributed by atoms with Gasteiger partial charge in [-0.3, -0.25) is 4.55 Å². The Balaban J connectivity index is 3.23. The fourth-order valence-corrected chi connectivity index (χ4v) is 2.58. The molecule has 0 atom stereocenters. The van der Waals surface area contributed by atoms with Crippen molar-refractivity contribution in [2.24, 2.45) is 0 Å². The normalized spacial score (nSPS) is 13.8. The number of rotatable bonds is 5. The minimum absolute atomic E-state index is 0.110. The Bertz CT molecular complexity index is 765. The predicted molar refractivity (Wildman–Crippen MR) is 74.5 cm³/mol. The highest BCUT2D eigenvalue weighted by Gasteiger charge is 2.75. The molecule has 0 amide bonds. The molecule has 0 radical (unpaired) electrons. The van der Waals surface area contributed by atoms with Gasteiger partial charge in [-0.05, 0) is 23.8 Å². The van der Waals surface area contributed by atoms with Crippen LogP contribution in [0.2, 0.25) is 0 Å². The van der Waals surface area contributed by atoms with Crippen LogP contribution in [0.1, 0.15) is 5.56 Å². The van der Waals surface area contributed by atoms with Crippen LogP contribution in [0.4, 0.5) is 26.3 Å². The Labute approximate surface area is 142 Å². The molecule has 1 aromatic rings.